The maximum absolute atomic E-state index is 2.28. The van der Waals surface area contributed by atoms with Gasteiger partial charge in [0.05, 0.1) is 0 Å². The molecule has 1 aromatic carbocycles. The maximum Gasteiger partial charge on any atom is -0.0260 e. The third kappa shape index (κ3) is 4.83. The van der Waals surface area contributed by atoms with E-state index < -0.39 is 0 Å². The van der Waals surface area contributed by atoms with Gasteiger partial charge >= 0.3 is 0 Å². The highest BCUT2D eigenvalue weighted by molar-refractivity contribution is 5.49. The van der Waals surface area contributed by atoms with Crippen molar-refractivity contribution >= 4 is 6.08 Å². The van der Waals surface area contributed by atoms with Crippen LogP contribution < -0.4 is 0 Å². The number of unbranched alkanes of at least 4 members (excludes halogenated alkanes) is 2. The van der Waals surface area contributed by atoms with Crippen LogP contribution in [0.15, 0.2) is 30.3 Å². The monoisotopic (exact) mass is 202 g/mol. The van der Waals surface area contributed by atoms with Crippen molar-refractivity contribution in [2.75, 3.05) is 0 Å². The second-order valence-electron chi connectivity index (χ2n) is 4.04. The molecule has 0 amide bonds. The number of aryl methyl sites for hydroxylation is 1. The van der Waals surface area contributed by atoms with Gasteiger partial charge in [0, 0.05) is 0 Å². The van der Waals surface area contributed by atoms with Gasteiger partial charge in [0.1, 0.15) is 0 Å². The van der Waals surface area contributed by atoms with Crippen molar-refractivity contribution in [3.63, 3.8) is 0 Å². The highest BCUT2D eigenvalue weighted by Crippen LogP contribution is 2.09. The first-order chi connectivity index (χ1) is 7.36. The van der Waals surface area contributed by atoms with Gasteiger partial charge in [0.15, 0.2) is 0 Å². The Morgan fingerprint density at radius 2 is 1.73 bits per heavy atom. The molecule has 0 bridgehead atoms. The largest absolute Gasteiger partial charge is 0.0839 e. The SMILES string of the molecule is CCCCC=Cc1ccc(CCC)cc1. The highest BCUT2D eigenvalue weighted by atomic mass is 14.0. The van der Waals surface area contributed by atoms with E-state index in [0.717, 1.165) is 0 Å². The molecule has 0 heterocycles. The lowest BCUT2D eigenvalue weighted by Crippen LogP contribution is -1.82. The summed E-state index contributed by atoms with van der Waals surface area (Å²) < 4.78 is 0. The molecule has 82 valence electrons. The Balaban J connectivity index is 2.45. The average molecular weight is 202 g/mol. The second-order valence-corrected chi connectivity index (χ2v) is 4.04. The molecular weight excluding hydrogens is 180 g/mol. The van der Waals surface area contributed by atoms with E-state index in [2.05, 4.69) is 50.3 Å². The summed E-state index contributed by atoms with van der Waals surface area (Å²) in [5, 5.41) is 0. The van der Waals surface area contributed by atoms with Gasteiger partial charge in [-0.2, -0.15) is 0 Å². The Kier molecular flexibility index (Phi) is 5.84. The summed E-state index contributed by atoms with van der Waals surface area (Å²) in [5.41, 5.74) is 2.77. The Bertz CT molecular complexity index is 279. The van der Waals surface area contributed by atoms with E-state index >= 15 is 0 Å². The molecule has 15 heavy (non-hydrogen) atoms. The van der Waals surface area contributed by atoms with Gasteiger partial charge in [-0.1, -0.05) is 69.5 Å². The molecule has 0 saturated carbocycles. The van der Waals surface area contributed by atoms with Gasteiger partial charge < -0.3 is 0 Å². The van der Waals surface area contributed by atoms with Crippen LogP contribution in [-0.2, 0) is 6.42 Å². The number of allylic oxidation sites excluding steroid dienone is 1. The third-order valence-corrected chi connectivity index (χ3v) is 2.55. The molecule has 0 aromatic heterocycles. The first-order valence-electron chi connectivity index (χ1n) is 6.12. The van der Waals surface area contributed by atoms with Crippen molar-refractivity contribution in [3.05, 3.63) is 41.5 Å². The fourth-order valence-electron chi connectivity index (χ4n) is 1.63. The van der Waals surface area contributed by atoms with E-state index in [-0.39, 0.29) is 0 Å². The number of hydrogen-bond donors (Lipinski definition) is 0. The molecule has 0 N–H and O–H groups in total. The Morgan fingerprint density at radius 3 is 2.33 bits per heavy atom. The van der Waals surface area contributed by atoms with Crippen LogP contribution in [0.25, 0.3) is 6.08 Å². The Hall–Kier alpha value is -1.04. The van der Waals surface area contributed by atoms with E-state index in [1.807, 2.05) is 0 Å². The summed E-state index contributed by atoms with van der Waals surface area (Å²) >= 11 is 0. The molecule has 0 heteroatoms. The van der Waals surface area contributed by atoms with Crippen molar-refractivity contribution in [3.8, 4) is 0 Å². The molecular formula is C15H22. The molecule has 0 aliphatic carbocycles. The zero-order valence-electron chi connectivity index (χ0n) is 10.00. The molecule has 0 unspecified atom stereocenters. The molecule has 0 fully saturated rings. The predicted molar refractivity (Wildman–Crippen MR) is 69.0 cm³/mol. The number of benzene rings is 1. The minimum atomic E-state index is 1.19. The van der Waals surface area contributed by atoms with Crippen molar-refractivity contribution in [2.45, 2.75) is 46.0 Å². The maximum atomic E-state index is 2.28. The average Bonchev–Trinajstić information content (AvgIpc) is 2.27. The number of hydrogen-bond acceptors (Lipinski definition) is 0. The lowest BCUT2D eigenvalue weighted by molar-refractivity contribution is 0.816. The summed E-state index contributed by atoms with van der Waals surface area (Å²) in [6, 6.07) is 8.91. The number of rotatable bonds is 6. The van der Waals surface area contributed by atoms with Gasteiger partial charge in [-0.05, 0) is 24.0 Å². The van der Waals surface area contributed by atoms with E-state index in [4.69, 9.17) is 0 Å². The van der Waals surface area contributed by atoms with Crippen molar-refractivity contribution < 1.29 is 0 Å². The van der Waals surface area contributed by atoms with Gasteiger partial charge in [0.25, 0.3) is 0 Å². The topological polar surface area (TPSA) is 0 Å². The van der Waals surface area contributed by atoms with E-state index in [1.165, 1.54) is 43.2 Å². The molecule has 0 spiro atoms. The summed E-state index contributed by atoms with van der Waals surface area (Å²) in [7, 11) is 0. The van der Waals surface area contributed by atoms with E-state index in [1.54, 1.807) is 0 Å². The van der Waals surface area contributed by atoms with Gasteiger partial charge in [-0.3, -0.25) is 0 Å². The van der Waals surface area contributed by atoms with Crippen LogP contribution >= 0.6 is 0 Å². The molecule has 0 saturated heterocycles. The molecule has 0 aliphatic heterocycles. The summed E-state index contributed by atoms with van der Waals surface area (Å²) in [6.45, 7) is 4.45. The Labute approximate surface area is 94.0 Å². The lowest BCUT2D eigenvalue weighted by Gasteiger charge is -1.99. The Morgan fingerprint density at radius 1 is 1.00 bits per heavy atom. The van der Waals surface area contributed by atoms with Gasteiger partial charge in [-0.25, -0.2) is 0 Å². The lowest BCUT2D eigenvalue weighted by atomic mass is 10.1. The fourth-order valence-corrected chi connectivity index (χ4v) is 1.63. The van der Waals surface area contributed by atoms with Crippen LogP contribution in [0.2, 0.25) is 0 Å². The molecule has 0 aliphatic rings. The zero-order chi connectivity index (χ0) is 10.9. The van der Waals surface area contributed by atoms with Crippen LogP contribution in [0.1, 0.15) is 50.7 Å². The summed E-state index contributed by atoms with van der Waals surface area (Å²) in [6.07, 6.45) is 10.7. The van der Waals surface area contributed by atoms with E-state index in [0.29, 0.717) is 0 Å². The van der Waals surface area contributed by atoms with Crippen LogP contribution in [0, 0.1) is 0 Å². The molecule has 1 aromatic rings. The second kappa shape index (κ2) is 7.28. The molecule has 0 radical (unpaired) electrons. The first-order valence-corrected chi connectivity index (χ1v) is 6.12. The van der Waals surface area contributed by atoms with Crippen molar-refractivity contribution in [1.82, 2.24) is 0 Å². The van der Waals surface area contributed by atoms with Crippen LogP contribution in [0.3, 0.4) is 0 Å². The molecule has 0 nitrogen and oxygen atoms in total. The van der Waals surface area contributed by atoms with E-state index in [9.17, 15) is 0 Å². The smallest absolute Gasteiger partial charge is 0.0260 e. The van der Waals surface area contributed by atoms with Gasteiger partial charge in [-0.15, -0.1) is 0 Å². The standard InChI is InChI=1S/C15H22/c1-3-5-6-7-9-15-12-10-14(8-4-2)11-13-15/h7,9-13H,3-6,8H2,1-2H3. The van der Waals surface area contributed by atoms with Crippen LogP contribution in [0.4, 0.5) is 0 Å². The first kappa shape index (κ1) is 12.0. The fraction of sp³-hybridized carbons (Fsp3) is 0.467. The van der Waals surface area contributed by atoms with Crippen molar-refractivity contribution in [2.24, 2.45) is 0 Å². The molecule has 1 rings (SSSR count). The minimum Gasteiger partial charge on any atom is -0.0839 e. The summed E-state index contributed by atoms with van der Waals surface area (Å²) in [4.78, 5) is 0. The zero-order valence-corrected chi connectivity index (χ0v) is 10.00. The highest BCUT2D eigenvalue weighted by Gasteiger charge is 1.90. The van der Waals surface area contributed by atoms with Crippen molar-refractivity contribution in [1.29, 1.82) is 0 Å². The third-order valence-electron chi connectivity index (χ3n) is 2.55. The minimum absolute atomic E-state index is 1.19. The predicted octanol–water partition coefficient (Wildman–Crippen LogP) is 4.84. The molecule has 0 atom stereocenters. The van der Waals surface area contributed by atoms with Crippen LogP contribution in [-0.4, -0.2) is 0 Å². The quantitative estimate of drug-likeness (QED) is 0.579. The van der Waals surface area contributed by atoms with Gasteiger partial charge in [0.2, 0.25) is 0 Å². The summed E-state index contributed by atoms with van der Waals surface area (Å²) in [5.74, 6) is 0. The normalized spacial score (nSPS) is 11.1. The van der Waals surface area contributed by atoms with Crippen LogP contribution in [0.5, 0.6) is 0 Å².